The Morgan fingerprint density at radius 1 is 1.14 bits per heavy atom. The number of piperazine rings is 1. The number of nitrogens with one attached hydrogen (secondary N) is 1. The molecule has 0 saturated carbocycles. The number of nitrogens with zero attached hydrogens (tertiary/aromatic N) is 3. The summed E-state index contributed by atoms with van der Waals surface area (Å²) in [6.45, 7) is 6.22. The number of aromatic nitrogens is 1. The SMILES string of the molecule is COc1ccc2nc(C)cc(NN3CCN(C)CC3)c2c1. The molecule has 1 saturated heterocycles. The molecule has 1 aromatic heterocycles. The van der Waals surface area contributed by atoms with Crippen LogP contribution >= 0.6 is 0 Å². The highest BCUT2D eigenvalue weighted by Crippen LogP contribution is 2.27. The lowest BCUT2D eigenvalue weighted by atomic mass is 10.1. The predicted octanol–water partition coefficient (Wildman–Crippen LogP) is 2.13. The van der Waals surface area contributed by atoms with E-state index in [1.165, 1.54) is 0 Å². The van der Waals surface area contributed by atoms with Crippen molar-refractivity contribution in [2.45, 2.75) is 6.92 Å². The number of hydrazine groups is 1. The lowest BCUT2D eigenvalue weighted by Crippen LogP contribution is -2.46. The minimum Gasteiger partial charge on any atom is -0.497 e. The van der Waals surface area contributed by atoms with Gasteiger partial charge in [0.05, 0.1) is 18.3 Å². The van der Waals surface area contributed by atoms with E-state index in [1.807, 2.05) is 25.1 Å². The van der Waals surface area contributed by atoms with E-state index in [9.17, 15) is 0 Å². The smallest absolute Gasteiger partial charge is 0.119 e. The highest BCUT2D eigenvalue weighted by atomic mass is 16.5. The van der Waals surface area contributed by atoms with E-state index in [-0.39, 0.29) is 0 Å². The number of hydrogen-bond acceptors (Lipinski definition) is 5. The minimum absolute atomic E-state index is 0.856. The summed E-state index contributed by atoms with van der Waals surface area (Å²) >= 11 is 0. The van der Waals surface area contributed by atoms with Crippen LogP contribution in [0.25, 0.3) is 10.9 Å². The molecule has 0 amide bonds. The van der Waals surface area contributed by atoms with Gasteiger partial charge in [0.15, 0.2) is 0 Å². The van der Waals surface area contributed by atoms with E-state index in [1.54, 1.807) is 7.11 Å². The molecule has 0 atom stereocenters. The number of fused-ring (bicyclic) bond motifs is 1. The zero-order chi connectivity index (χ0) is 14.8. The Bertz CT molecular complexity index is 635. The standard InChI is InChI=1S/C16H22N4O/c1-12-10-16(18-20-8-6-19(2)7-9-20)14-11-13(21-3)4-5-15(14)17-12/h4-5,10-11H,6-9H2,1-3H3,(H,17,18). The first-order valence-electron chi connectivity index (χ1n) is 7.31. The first-order valence-corrected chi connectivity index (χ1v) is 7.31. The van der Waals surface area contributed by atoms with Crippen molar-refractivity contribution >= 4 is 16.6 Å². The van der Waals surface area contributed by atoms with Crippen LogP contribution in [-0.2, 0) is 0 Å². The van der Waals surface area contributed by atoms with Crippen LogP contribution in [0.5, 0.6) is 5.75 Å². The molecule has 5 nitrogen and oxygen atoms in total. The summed E-state index contributed by atoms with van der Waals surface area (Å²) < 4.78 is 5.34. The quantitative estimate of drug-likeness (QED) is 0.936. The van der Waals surface area contributed by atoms with E-state index in [2.05, 4.69) is 33.4 Å². The second-order valence-corrected chi connectivity index (χ2v) is 5.60. The van der Waals surface area contributed by atoms with Gasteiger partial charge >= 0.3 is 0 Å². The van der Waals surface area contributed by atoms with Crippen LogP contribution in [0.3, 0.4) is 0 Å². The topological polar surface area (TPSA) is 40.6 Å². The molecule has 1 N–H and O–H groups in total. The fourth-order valence-corrected chi connectivity index (χ4v) is 2.65. The van der Waals surface area contributed by atoms with Crippen LogP contribution in [0.15, 0.2) is 24.3 Å². The molecule has 1 aliphatic rings. The summed E-state index contributed by atoms with van der Waals surface area (Å²) in [5.41, 5.74) is 6.66. The normalized spacial score (nSPS) is 17.1. The van der Waals surface area contributed by atoms with E-state index in [4.69, 9.17) is 4.74 Å². The monoisotopic (exact) mass is 286 g/mol. The Morgan fingerprint density at radius 2 is 1.90 bits per heavy atom. The molecular formula is C16H22N4O. The molecule has 2 aromatic rings. The Labute approximate surface area is 125 Å². The number of hydrogen-bond donors (Lipinski definition) is 1. The number of anilines is 1. The third kappa shape index (κ3) is 3.09. The summed E-state index contributed by atoms with van der Waals surface area (Å²) in [5, 5.41) is 3.37. The van der Waals surface area contributed by atoms with Gasteiger partial charge in [-0.2, -0.15) is 0 Å². The Hall–Kier alpha value is -1.85. The first-order chi connectivity index (χ1) is 10.2. The molecule has 0 bridgehead atoms. The number of aryl methyl sites for hydroxylation is 1. The maximum atomic E-state index is 5.34. The fraction of sp³-hybridized carbons (Fsp3) is 0.438. The number of ether oxygens (including phenoxy) is 1. The fourth-order valence-electron chi connectivity index (χ4n) is 2.65. The van der Waals surface area contributed by atoms with Crippen molar-refractivity contribution in [2.75, 3.05) is 45.8 Å². The van der Waals surface area contributed by atoms with Gasteiger partial charge in [0, 0.05) is 37.3 Å². The van der Waals surface area contributed by atoms with Crippen LogP contribution in [0.1, 0.15) is 5.69 Å². The van der Waals surface area contributed by atoms with Crippen molar-refractivity contribution in [3.05, 3.63) is 30.0 Å². The Morgan fingerprint density at radius 3 is 2.62 bits per heavy atom. The zero-order valence-electron chi connectivity index (χ0n) is 12.9. The van der Waals surface area contributed by atoms with E-state index in [0.29, 0.717) is 0 Å². The number of methoxy groups -OCH3 is 1. The van der Waals surface area contributed by atoms with Crippen molar-refractivity contribution < 1.29 is 4.74 Å². The molecule has 5 heteroatoms. The highest BCUT2D eigenvalue weighted by Gasteiger charge is 2.15. The van der Waals surface area contributed by atoms with Crippen LogP contribution in [0, 0.1) is 6.92 Å². The second kappa shape index (κ2) is 5.87. The highest BCUT2D eigenvalue weighted by molar-refractivity contribution is 5.92. The molecule has 2 heterocycles. The molecule has 0 spiro atoms. The van der Waals surface area contributed by atoms with Crippen molar-refractivity contribution in [3.63, 3.8) is 0 Å². The molecule has 1 aliphatic heterocycles. The Kier molecular flexibility index (Phi) is 3.94. The van der Waals surface area contributed by atoms with E-state index >= 15 is 0 Å². The third-order valence-electron chi connectivity index (χ3n) is 3.93. The van der Waals surface area contributed by atoms with Gasteiger partial charge in [0.1, 0.15) is 5.75 Å². The van der Waals surface area contributed by atoms with Crippen molar-refractivity contribution in [1.29, 1.82) is 0 Å². The van der Waals surface area contributed by atoms with Gasteiger partial charge in [-0.05, 0) is 38.2 Å². The van der Waals surface area contributed by atoms with Crippen molar-refractivity contribution in [2.24, 2.45) is 0 Å². The molecule has 1 aromatic carbocycles. The first kappa shape index (κ1) is 14.1. The summed E-state index contributed by atoms with van der Waals surface area (Å²) in [4.78, 5) is 6.94. The van der Waals surface area contributed by atoms with Crippen LogP contribution < -0.4 is 10.2 Å². The predicted molar refractivity (Wildman–Crippen MR) is 85.7 cm³/mol. The minimum atomic E-state index is 0.856. The van der Waals surface area contributed by atoms with Crippen LogP contribution in [0.2, 0.25) is 0 Å². The van der Waals surface area contributed by atoms with Gasteiger partial charge < -0.3 is 15.1 Å². The van der Waals surface area contributed by atoms with Gasteiger partial charge in [-0.3, -0.25) is 4.98 Å². The maximum Gasteiger partial charge on any atom is 0.119 e. The van der Waals surface area contributed by atoms with Crippen LogP contribution in [-0.4, -0.2) is 55.2 Å². The third-order valence-corrected chi connectivity index (χ3v) is 3.93. The molecule has 0 radical (unpaired) electrons. The molecule has 112 valence electrons. The molecule has 21 heavy (non-hydrogen) atoms. The average Bonchev–Trinajstić information content (AvgIpc) is 2.49. The van der Waals surface area contributed by atoms with Gasteiger partial charge in [-0.1, -0.05) is 0 Å². The van der Waals surface area contributed by atoms with E-state index < -0.39 is 0 Å². The largest absolute Gasteiger partial charge is 0.497 e. The second-order valence-electron chi connectivity index (χ2n) is 5.60. The summed E-state index contributed by atoms with van der Waals surface area (Å²) in [5.74, 6) is 0.856. The maximum absolute atomic E-state index is 5.34. The molecule has 3 rings (SSSR count). The Balaban J connectivity index is 1.92. The molecule has 0 aliphatic carbocycles. The van der Waals surface area contributed by atoms with Crippen LogP contribution in [0.4, 0.5) is 5.69 Å². The van der Waals surface area contributed by atoms with E-state index in [0.717, 1.165) is 54.2 Å². The average molecular weight is 286 g/mol. The van der Waals surface area contributed by atoms with Gasteiger partial charge in [-0.25, -0.2) is 5.01 Å². The number of pyridine rings is 1. The summed E-state index contributed by atoms with van der Waals surface area (Å²) in [6.07, 6.45) is 0. The van der Waals surface area contributed by atoms with Crippen molar-refractivity contribution in [3.8, 4) is 5.75 Å². The van der Waals surface area contributed by atoms with Gasteiger partial charge in [-0.15, -0.1) is 0 Å². The zero-order valence-corrected chi connectivity index (χ0v) is 12.9. The lowest BCUT2D eigenvalue weighted by Gasteiger charge is -2.33. The summed E-state index contributed by atoms with van der Waals surface area (Å²) in [6, 6.07) is 8.10. The lowest BCUT2D eigenvalue weighted by molar-refractivity contribution is 0.179. The number of likely N-dealkylation sites (N-methyl/N-ethyl adjacent to an activating group) is 1. The molecule has 0 unspecified atom stereocenters. The number of rotatable bonds is 3. The van der Waals surface area contributed by atoms with Crippen molar-refractivity contribution in [1.82, 2.24) is 14.9 Å². The molecule has 1 fully saturated rings. The summed E-state index contributed by atoms with van der Waals surface area (Å²) in [7, 11) is 3.85. The van der Waals surface area contributed by atoms with Gasteiger partial charge in [0.25, 0.3) is 0 Å². The molecular weight excluding hydrogens is 264 g/mol. The number of benzene rings is 1. The van der Waals surface area contributed by atoms with Gasteiger partial charge in [0.2, 0.25) is 0 Å².